The summed E-state index contributed by atoms with van der Waals surface area (Å²) in [6, 6.07) is 14.8. The van der Waals surface area contributed by atoms with E-state index in [1.807, 2.05) is 11.8 Å². The van der Waals surface area contributed by atoms with Crippen molar-refractivity contribution in [3.8, 4) is 0 Å². The third-order valence-electron chi connectivity index (χ3n) is 5.85. The van der Waals surface area contributed by atoms with Gasteiger partial charge in [0, 0.05) is 30.4 Å². The fraction of sp³-hybridized carbons (Fsp3) is 0.231. The Balaban J connectivity index is 1.37. The van der Waals surface area contributed by atoms with Crippen LogP contribution in [0.15, 0.2) is 76.2 Å². The van der Waals surface area contributed by atoms with Crippen LogP contribution in [0.5, 0.6) is 0 Å². The summed E-state index contributed by atoms with van der Waals surface area (Å²) in [7, 11) is -3.69. The summed E-state index contributed by atoms with van der Waals surface area (Å²) < 4.78 is 32.5. The number of carbonyl (C=O) groups excluding carboxylic acids is 2. The monoisotopic (exact) mass is 493 g/mol. The molecular weight excluding hydrogens is 466 g/mol. The molecule has 1 saturated heterocycles. The van der Waals surface area contributed by atoms with Gasteiger partial charge in [0.25, 0.3) is 5.91 Å². The Hall–Kier alpha value is -3.69. The van der Waals surface area contributed by atoms with Gasteiger partial charge in [0.1, 0.15) is 5.76 Å². The van der Waals surface area contributed by atoms with Crippen molar-refractivity contribution in [1.82, 2.24) is 9.62 Å². The molecule has 0 saturated carbocycles. The van der Waals surface area contributed by atoms with Crippen LogP contribution in [0.3, 0.4) is 0 Å². The number of sulfonamides is 1. The lowest BCUT2D eigenvalue weighted by Crippen LogP contribution is -2.28. The molecule has 2 N–H and O–H groups in total. The lowest BCUT2D eigenvalue weighted by molar-refractivity contribution is -0.111. The number of carbonyl (C=O) groups is 2. The highest BCUT2D eigenvalue weighted by Crippen LogP contribution is 2.22. The van der Waals surface area contributed by atoms with Crippen LogP contribution in [0.2, 0.25) is 0 Å². The smallest absolute Gasteiger partial charge is 0.254 e. The third kappa shape index (κ3) is 6.06. The Morgan fingerprint density at radius 2 is 1.77 bits per heavy atom. The van der Waals surface area contributed by atoms with Gasteiger partial charge in [0.2, 0.25) is 15.9 Å². The zero-order valence-corrected chi connectivity index (χ0v) is 20.2. The number of amides is 2. The van der Waals surface area contributed by atoms with Crippen molar-refractivity contribution >= 4 is 33.6 Å². The van der Waals surface area contributed by atoms with Gasteiger partial charge in [-0.2, -0.15) is 0 Å². The van der Waals surface area contributed by atoms with Gasteiger partial charge >= 0.3 is 0 Å². The molecule has 0 unspecified atom stereocenters. The first kappa shape index (κ1) is 24.4. The van der Waals surface area contributed by atoms with E-state index in [4.69, 9.17) is 4.42 Å². The van der Waals surface area contributed by atoms with E-state index in [9.17, 15) is 18.0 Å². The molecule has 2 heterocycles. The predicted molar refractivity (Wildman–Crippen MR) is 133 cm³/mol. The number of anilines is 1. The molecule has 0 bridgehead atoms. The van der Waals surface area contributed by atoms with E-state index < -0.39 is 10.0 Å². The van der Waals surface area contributed by atoms with Gasteiger partial charge in [-0.05, 0) is 73.4 Å². The van der Waals surface area contributed by atoms with Crippen LogP contribution in [0.1, 0.15) is 40.1 Å². The Morgan fingerprint density at radius 3 is 2.46 bits per heavy atom. The number of rotatable bonds is 8. The molecule has 2 amide bonds. The highest BCUT2D eigenvalue weighted by Gasteiger charge is 2.22. The van der Waals surface area contributed by atoms with Crippen molar-refractivity contribution in [2.45, 2.75) is 31.2 Å². The van der Waals surface area contributed by atoms with Crippen molar-refractivity contribution in [2.75, 3.05) is 18.4 Å². The summed E-state index contributed by atoms with van der Waals surface area (Å²) >= 11 is 0. The molecule has 1 aliphatic heterocycles. The van der Waals surface area contributed by atoms with Crippen molar-refractivity contribution in [3.05, 3.63) is 89.4 Å². The highest BCUT2D eigenvalue weighted by molar-refractivity contribution is 7.89. The van der Waals surface area contributed by atoms with Gasteiger partial charge in [-0.1, -0.05) is 18.2 Å². The summed E-state index contributed by atoms with van der Waals surface area (Å²) in [6.45, 7) is 3.40. The Kier molecular flexibility index (Phi) is 7.48. The minimum Gasteiger partial charge on any atom is -0.468 e. The summed E-state index contributed by atoms with van der Waals surface area (Å²) in [5, 5.41) is 2.82. The van der Waals surface area contributed by atoms with Crippen LogP contribution in [0, 0.1) is 6.92 Å². The molecule has 182 valence electrons. The molecule has 1 fully saturated rings. The van der Waals surface area contributed by atoms with E-state index >= 15 is 0 Å². The maximum Gasteiger partial charge on any atom is 0.254 e. The van der Waals surface area contributed by atoms with E-state index in [0.717, 1.165) is 31.5 Å². The molecule has 1 aromatic heterocycles. The number of furan rings is 1. The van der Waals surface area contributed by atoms with E-state index in [0.29, 0.717) is 22.6 Å². The van der Waals surface area contributed by atoms with Crippen molar-refractivity contribution in [1.29, 1.82) is 0 Å². The van der Waals surface area contributed by atoms with Gasteiger partial charge in [0.15, 0.2) is 0 Å². The van der Waals surface area contributed by atoms with Crippen LogP contribution in [0.25, 0.3) is 6.08 Å². The number of nitrogens with zero attached hydrogens (tertiary/aromatic N) is 1. The van der Waals surface area contributed by atoms with Crippen LogP contribution in [-0.4, -0.2) is 38.2 Å². The summed E-state index contributed by atoms with van der Waals surface area (Å²) in [5.74, 6) is 0.149. The van der Waals surface area contributed by atoms with Gasteiger partial charge in [-0.15, -0.1) is 0 Å². The zero-order valence-electron chi connectivity index (χ0n) is 19.4. The molecule has 0 aliphatic carbocycles. The second kappa shape index (κ2) is 10.7. The second-order valence-corrected chi connectivity index (χ2v) is 10.0. The van der Waals surface area contributed by atoms with Gasteiger partial charge in [-0.25, -0.2) is 13.1 Å². The Bertz CT molecular complexity index is 1320. The van der Waals surface area contributed by atoms with Gasteiger partial charge in [0.05, 0.1) is 17.7 Å². The number of hydrogen-bond donors (Lipinski definition) is 2. The van der Waals surface area contributed by atoms with Gasteiger partial charge in [-0.3, -0.25) is 9.59 Å². The SMILES string of the molecule is Cc1c(NC(=O)/C=C/c2ccc(S(=O)(=O)NCc3ccco3)cc2)cccc1C(=O)N1CCCC1. The lowest BCUT2D eigenvalue weighted by atomic mass is 10.1. The standard InChI is InChI=1S/C26H27N3O5S/c1-19-23(26(31)29-15-2-3-16-29)7-4-8-24(19)28-25(30)14-11-20-9-12-22(13-10-20)35(32,33)27-18-21-6-5-17-34-21/h4-14,17,27H,2-3,15-16,18H2,1H3,(H,28,30)/b14-11+. The van der Waals surface area contributed by atoms with Crippen LogP contribution in [-0.2, 0) is 21.4 Å². The molecule has 4 rings (SSSR count). The maximum atomic E-state index is 12.8. The number of hydrogen-bond acceptors (Lipinski definition) is 5. The van der Waals surface area contributed by atoms with Crippen LogP contribution in [0.4, 0.5) is 5.69 Å². The largest absolute Gasteiger partial charge is 0.468 e. The lowest BCUT2D eigenvalue weighted by Gasteiger charge is -2.18. The van der Waals surface area contributed by atoms with Gasteiger partial charge < -0.3 is 14.6 Å². The average Bonchev–Trinajstić information content (AvgIpc) is 3.57. The molecule has 35 heavy (non-hydrogen) atoms. The maximum absolute atomic E-state index is 12.8. The fourth-order valence-corrected chi connectivity index (χ4v) is 4.85. The first-order chi connectivity index (χ1) is 16.8. The van der Waals surface area contributed by atoms with Crippen molar-refractivity contribution in [3.63, 3.8) is 0 Å². The van der Waals surface area contributed by atoms with E-state index in [2.05, 4.69) is 10.0 Å². The Labute approximate surface area is 204 Å². The minimum absolute atomic E-state index is 0.0136. The zero-order chi connectivity index (χ0) is 24.8. The molecule has 3 aromatic rings. The molecular formula is C26H27N3O5S. The summed E-state index contributed by atoms with van der Waals surface area (Å²) in [5.41, 5.74) is 2.56. The molecule has 0 radical (unpaired) electrons. The normalized spacial score (nSPS) is 13.9. The number of benzene rings is 2. The van der Waals surface area contributed by atoms with E-state index in [1.54, 1.807) is 48.5 Å². The summed E-state index contributed by atoms with van der Waals surface area (Å²) in [4.78, 5) is 27.2. The number of likely N-dealkylation sites (tertiary alicyclic amines) is 1. The molecule has 0 atom stereocenters. The second-order valence-electron chi connectivity index (χ2n) is 8.27. The van der Waals surface area contributed by atoms with E-state index in [-0.39, 0.29) is 23.3 Å². The molecule has 2 aromatic carbocycles. The quantitative estimate of drug-likeness (QED) is 0.462. The Morgan fingerprint density at radius 1 is 1.03 bits per heavy atom. The van der Waals surface area contributed by atoms with Crippen molar-refractivity contribution in [2.24, 2.45) is 0 Å². The fourth-order valence-electron chi connectivity index (χ4n) is 3.86. The van der Waals surface area contributed by atoms with Crippen LogP contribution < -0.4 is 10.0 Å². The number of nitrogens with one attached hydrogen (secondary N) is 2. The van der Waals surface area contributed by atoms with Crippen LogP contribution >= 0.6 is 0 Å². The molecule has 1 aliphatic rings. The van der Waals surface area contributed by atoms with Crippen molar-refractivity contribution < 1.29 is 22.4 Å². The molecule has 8 nitrogen and oxygen atoms in total. The average molecular weight is 494 g/mol. The molecule has 9 heteroatoms. The topological polar surface area (TPSA) is 109 Å². The molecule has 0 spiro atoms. The predicted octanol–water partition coefficient (Wildman–Crippen LogP) is 3.95. The first-order valence-electron chi connectivity index (χ1n) is 11.3. The van der Waals surface area contributed by atoms with E-state index in [1.165, 1.54) is 24.5 Å². The summed E-state index contributed by atoms with van der Waals surface area (Å²) in [6.07, 6.45) is 6.47. The highest BCUT2D eigenvalue weighted by atomic mass is 32.2. The first-order valence-corrected chi connectivity index (χ1v) is 12.8. The third-order valence-corrected chi connectivity index (χ3v) is 7.27. The minimum atomic E-state index is -3.69.